The summed E-state index contributed by atoms with van der Waals surface area (Å²) in [5.41, 5.74) is 1.98. The Kier molecular flexibility index (Phi) is 5.30. The smallest absolute Gasteiger partial charge is 0.253 e. The van der Waals surface area contributed by atoms with Crippen molar-refractivity contribution < 1.29 is 4.79 Å². The van der Waals surface area contributed by atoms with Crippen LogP contribution in [-0.2, 0) is 6.54 Å². The molecule has 3 rings (SSSR count). The third kappa shape index (κ3) is 3.85. The van der Waals surface area contributed by atoms with Crippen molar-refractivity contribution in [1.82, 2.24) is 20.0 Å². The molecule has 0 unspecified atom stereocenters. The molecule has 2 aromatic rings. The SMILES string of the molecule is C[C@H](NCc1ccc(C(=O)N2CCCC2)cc1)[C@H](C)n1cccn1. The standard InChI is InChI=1S/C19H26N4O/c1-15(16(2)23-13-5-10-21-23)20-14-17-6-8-18(9-7-17)19(24)22-11-3-4-12-22/h5-10,13,15-16,20H,3-4,11-12,14H2,1-2H3/t15-,16-/m0/s1. The van der Waals surface area contributed by atoms with Crippen LogP contribution in [0, 0.1) is 0 Å². The topological polar surface area (TPSA) is 50.2 Å². The maximum Gasteiger partial charge on any atom is 0.253 e. The molecule has 2 heterocycles. The molecule has 0 bridgehead atoms. The molecule has 5 nitrogen and oxygen atoms in total. The first-order valence-corrected chi connectivity index (χ1v) is 8.76. The van der Waals surface area contributed by atoms with Crippen molar-refractivity contribution >= 4 is 5.91 Å². The normalized spacial score (nSPS) is 17.0. The van der Waals surface area contributed by atoms with Gasteiger partial charge in [0.05, 0.1) is 6.04 Å². The van der Waals surface area contributed by atoms with Gasteiger partial charge in [-0.25, -0.2) is 0 Å². The zero-order valence-corrected chi connectivity index (χ0v) is 14.5. The van der Waals surface area contributed by atoms with E-state index < -0.39 is 0 Å². The number of likely N-dealkylation sites (tertiary alicyclic amines) is 1. The summed E-state index contributed by atoms with van der Waals surface area (Å²) < 4.78 is 1.97. The number of rotatable bonds is 6. The van der Waals surface area contributed by atoms with E-state index in [0.29, 0.717) is 6.04 Å². The van der Waals surface area contributed by atoms with Crippen molar-refractivity contribution in [2.75, 3.05) is 13.1 Å². The molecular weight excluding hydrogens is 300 g/mol. The Morgan fingerprint density at radius 3 is 2.54 bits per heavy atom. The van der Waals surface area contributed by atoms with Gasteiger partial charge in [-0.2, -0.15) is 5.10 Å². The highest BCUT2D eigenvalue weighted by Crippen LogP contribution is 2.14. The first-order chi connectivity index (χ1) is 11.6. The fourth-order valence-electron chi connectivity index (χ4n) is 3.07. The zero-order valence-electron chi connectivity index (χ0n) is 14.5. The van der Waals surface area contributed by atoms with E-state index in [-0.39, 0.29) is 11.9 Å². The summed E-state index contributed by atoms with van der Waals surface area (Å²) in [6, 6.07) is 10.5. The van der Waals surface area contributed by atoms with Crippen molar-refractivity contribution in [1.29, 1.82) is 0 Å². The lowest BCUT2D eigenvalue weighted by atomic mass is 10.1. The second kappa shape index (κ2) is 7.62. The first kappa shape index (κ1) is 16.7. The summed E-state index contributed by atoms with van der Waals surface area (Å²) in [6.07, 6.45) is 6.04. The van der Waals surface area contributed by atoms with Gasteiger partial charge in [0.25, 0.3) is 5.91 Å². The third-order valence-corrected chi connectivity index (χ3v) is 4.89. The number of aromatic nitrogens is 2. The summed E-state index contributed by atoms with van der Waals surface area (Å²) in [5, 5.41) is 7.83. The molecule has 1 aliphatic rings. The average molecular weight is 326 g/mol. The zero-order chi connectivity index (χ0) is 16.9. The number of nitrogens with zero attached hydrogens (tertiary/aromatic N) is 3. The number of hydrogen-bond donors (Lipinski definition) is 1. The predicted molar refractivity (Wildman–Crippen MR) is 94.8 cm³/mol. The summed E-state index contributed by atoms with van der Waals surface area (Å²) >= 11 is 0. The maximum atomic E-state index is 12.3. The molecule has 5 heteroatoms. The number of nitrogens with one attached hydrogen (secondary N) is 1. The molecule has 0 spiro atoms. The molecule has 1 aromatic heterocycles. The first-order valence-electron chi connectivity index (χ1n) is 8.76. The van der Waals surface area contributed by atoms with E-state index >= 15 is 0 Å². The second-order valence-electron chi connectivity index (χ2n) is 6.59. The molecule has 1 saturated heterocycles. The number of carbonyl (C=O) groups is 1. The third-order valence-electron chi connectivity index (χ3n) is 4.89. The molecule has 0 aliphatic carbocycles. The van der Waals surface area contributed by atoms with Crippen molar-refractivity contribution in [2.45, 2.75) is 45.3 Å². The van der Waals surface area contributed by atoms with Gasteiger partial charge in [-0.3, -0.25) is 9.48 Å². The predicted octanol–water partition coefficient (Wildman–Crippen LogP) is 2.86. The van der Waals surface area contributed by atoms with Crippen LogP contribution in [0.3, 0.4) is 0 Å². The van der Waals surface area contributed by atoms with Gasteiger partial charge in [-0.15, -0.1) is 0 Å². The van der Waals surface area contributed by atoms with E-state index in [4.69, 9.17) is 0 Å². The summed E-state index contributed by atoms with van der Waals surface area (Å²) in [4.78, 5) is 14.3. The molecule has 1 aliphatic heterocycles. The number of carbonyl (C=O) groups excluding carboxylic acids is 1. The van der Waals surface area contributed by atoms with E-state index in [0.717, 1.165) is 38.0 Å². The molecule has 128 valence electrons. The van der Waals surface area contributed by atoms with Crippen LogP contribution in [0.5, 0.6) is 0 Å². The molecule has 0 saturated carbocycles. The monoisotopic (exact) mass is 326 g/mol. The van der Waals surface area contributed by atoms with E-state index in [1.54, 1.807) is 6.20 Å². The van der Waals surface area contributed by atoms with Crippen LogP contribution in [0.2, 0.25) is 0 Å². The summed E-state index contributed by atoms with van der Waals surface area (Å²) in [6.45, 7) is 6.89. The van der Waals surface area contributed by atoms with Crippen molar-refractivity contribution in [3.63, 3.8) is 0 Å². The molecule has 1 fully saturated rings. The lowest BCUT2D eigenvalue weighted by molar-refractivity contribution is 0.0793. The molecular formula is C19H26N4O. The minimum absolute atomic E-state index is 0.160. The number of benzene rings is 1. The van der Waals surface area contributed by atoms with Crippen LogP contribution in [0.4, 0.5) is 0 Å². The summed E-state index contributed by atoms with van der Waals surface area (Å²) in [5.74, 6) is 0.160. The van der Waals surface area contributed by atoms with Gasteiger partial charge >= 0.3 is 0 Å². The fourth-order valence-corrected chi connectivity index (χ4v) is 3.07. The van der Waals surface area contributed by atoms with Gasteiger partial charge in [-0.1, -0.05) is 12.1 Å². The van der Waals surface area contributed by atoms with Crippen LogP contribution in [0.1, 0.15) is 48.7 Å². The highest BCUT2D eigenvalue weighted by Gasteiger charge is 2.19. The van der Waals surface area contributed by atoms with Gasteiger partial charge in [0.1, 0.15) is 0 Å². The van der Waals surface area contributed by atoms with Crippen LogP contribution in [0.15, 0.2) is 42.7 Å². The molecule has 2 atom stereocenters. The van der Waals surface area contributed by atoms with E-state index in [9.17, 15) is 4.79 Å². The molecule has 1 aromatic carbocycles. The van der Waals surface area contributed by atoms with Gasteiger partial charge in [-0.05, 0) is 50.5 Å². The summed E-state index contributed by atoms with van der Waals surface area (Å²) in [7, 11) is 0. The van der Waals surface area contributed by atoms with Gasteiger partial charge in [0.15, 0.2) is 0 Å². The highest BCUT2D eigenvalue weighted by molar-refractivity contribution is 5.94. The lowest BCUT2D eigenvalue weighted by Crippen LogP contribution is -2.33. The van der Waals surface area contributed by atoms with Crippen molar-refractivity contribution in [3.8, 4) is 0 Å². The maximum absolute atomic E-state index is 12.3. The fraction of sp³-hybridized carbons (Fsp3) is 0.474. The van der Waals surface area contributed by atoms with Crippen molar-refractivity contribution in [2.24, 2.45) is 0 Å². The van der Waals surface area contributed by atoms with Crippen molar-refractivity contribution in [3.05, 3.63) is 53.9 Å². The number of hydrogen-bond acceptors (Lipinski definition) is 3. The molecule has 0 radical (unpaired) electrons. The second-order valence-corrected chi connectivity index (χ2v) is 6.59. The molecule has 1 N–H and O–H groups in total. The lowest BCUT2D eigenvalue weighted by Gasteiger charge is -2.22. The Labute approximate surface area is 143 Å². The van der Waals surface area contributed by atoms with Crippen LogP contribution < -0.4 is 5.32 Å². The van der Waals surface area contributed by atoms with Crippen LogP contribution >= 0.6 is 0 Å². The van der Waals surface area contributed by atoms with E-state index in [1.807, 2.05) is 46.1 Å². The van der Waals surface area contributed by atoms with E-state index in [1.165, 1.54) is 5.56 Å². The Morgan fingerprint density at radius 1 is 1.21 bits per heavy atom. The van der Waals surface area contributed by atoms with E-state index in [2.05, 4.69) is 24.3 Å². The average Bonchev–Trinajstić information content (AvgIpc) is 3.32. The number of amides is 1. The quantitative estimate of drug-likeness (QED) is 0.888. The highest BCUT2D eigenvalue weighted by atomic mass is 16.2. The Bertz CT molecular complexity index is 645. The van der Waals surface area contributed by atoms with Gasteiger partial charge < -0.3 is 10.2 Å². The largest absolute Gasteiger partial charge is 0.339 e. The molecule has 1 amide bonds. The van der Waals surface area contributed by atoms with Crippen LogP contribution in [-0.4, -0.2) is 39.7 Å². The van der Waals surface area contributed by atoms with Gasteiger partial charge in [0, 0.05) is 43.6 Å². The Balaban J connectivity index is 1.53. The van der Waals surface area contributed by atoms with Crippen LogP contribution in [0.25, 0.3) is 0 Å². The minimum Gasteiger partial charge on any atom is -0.339 e. The molecule has 24 heavy (non-hydrogen) atoms. The Morgan fingerprint density at radius 2 is 1.92 bits per heavy atom. The van der Waals surface area contributed by atoms with Gasteiger partial charge in [0.2, 0.25) is 0 Å². The Hall–Kier alpha value is -2.14. The minimum atomic E-state index is 0.160.